The minimum atomic E-state index is -0.608. The molecule has 0 saturated heterocycles. The van der Waals surface area contributed by atoms with Gasteiger partial charge in [-0.1, -0.05) is 25.1 Å². The van der Waals surface area contributed by atoms with Crippen molar-refractivity contribution in [2.75, 3.05) is 0 Å². The summed E-state index contributed by atoms with van der Waals surface area (Å²) in [5.41, 5.74) is 4.78. The van der Waals surface area contributed by atoms with Gasteiger partial charge in [-0.05, 0) is 24.6 Å². The summed E-state index contributed by atoms with van der Waals surface area (Å²) in [6.07, 6.45) is 3.63. The highest BCUT2D eigenvalue weighted by molar-refractivity contribution is 6.05. The Labute approximate surface area is 148 Å². The van der Waals surface area contributed by atoms with Crippen LogP contribution in [0.5, 0.6) is 0 Å². The molecule has 0 spiro atoms. The Morgan fingerprint density at radius 3 is 2.46 bits per heavy atom. The van der Waals surface area contributed by atoms with Crippen LogP contribution in [0, 0.1) is 0 Å². The van der Waals surface area contributed by atoms with Crippen molar-refractivity contribution in [2.45, 2.75) is 19.9 Å². The number of aryl methyl sites for hydroxylation is 1. The summed E-state index contributed by atoms with van der Waals surface area (Å²) in [5.74, 6) is -1.11. The molecule has 2 heterocycles. The van der Waals surface area contributed by atoms with Crippen LogP contribution in [0.2, 0.25) is 0 Å². The number of nitrogens with one attached hydrogen (secondary N) is 2. The Morgan fingerprint density at radius 2 is 1.77 bits per heavy atom. The lowest BCUT2D eigenvalue weighted by atomic mass is 10.1. The SMILES string of the molecule is CCCn1nc(C(=O)NNC(=O)c2cccnc2)c2ccccc2c1=O. The molecule has 2 amide bonds. The fourth-order valence-electron chi connectivity index (χ4n) is 2.51. The highest BCUT2D eigenvalue weighted by Crippen LogP contribution is 2.13. The molecule has 0 aliphatic heterocycles. The van der Waals surface area contributed by atoms with Crippen LogP contribution in [0.4, 0.5) is 0 Å². The molecule has 3 aromatic rings. The zero-order valence-corrected chi connectivity index (χ0v) is 14.1. The van der Waals surface area contributed by atoms with Crippen LogP contribution in [-0.4, -0.2) is 26.6 Å². The molecule has 0 aliphatic rings. The summed E-state index contributed by atoms with van der Waals surface area (Å²) in [6.45, 7) is 2.31. The number of hydrogen-bond donors (Lipinski definition) is 2. The van der Waals surface area contributed by atoms with E-state index < -0.39 is 11.8 Å². The highest BCUT2D eigenvalue weighted by Gasteiger charge is 2.17. The molecule has 3 rings (SSSR count). The zero-order valence-electron chi connectivity index (χ0n) is 14.1. The van der Waals surface area contributed by atoms with Crippen LogP contribution in [0.3, 0.4) is 0 Å². The number of hydrogen-bond acceptors (Lipinski definition) is 5. The van der Waals surface area contributed by atoms with Gasteiger partial charge in [0.05, 0.1) is 10.9 Å². The first-order chi connectivity index (χ1) is 12.6. The predicted octanol–water partition coefficient (Wildman–Crippen LogP) is 1.28. The number of carbonyl (C=O) groups excluding carboxylic acids is 2. The van der Waals surface area contributed by atoms with E-state index in [4.69, 9.17) is 0 Å². The first kappa shape index (κ1) is 17.3. The van der Waals surface area contributed by atoms with Gasteiger partial charge in [-0.25, -0.2) is 4.68 Å². The van der Waals surface area contributed by atoms with Crippen LogP contribution < -0.4 is 16.4 Å². The number of pyridine rings is 1. The van der Waals surface area contributed by atoms with Gasteiger partial charge in [0.2, 0.25) is 0 Å². The number of rotatable bonds is 4. The number of fused-ring (bicyclic) bond motifs is 1. The van der Waals surface area contributed by atoms with E-state index in [1.165, 1.54) is 10.9 Å². The lowest BCUT2D eigenvalue weighted by molar-refractivity contribution is 0.0843. The molecule has 0 saturated carbocycles. The van der Waals surface area contributed by atoms with Crippen molar-refractivity contribution >= 4 is 22.6 Å². The van der Waals surface area contributed by atoms with E-state index in [1.807, 2.05) is 6.92 Å². The third-order valence-electron chi connectivity index (χ3n) is 3.73. The molecule has 0 bridgehead atoms. The molecule has 132 valence electrons. The van der Waals surface area contributed by atoms with E-state index in [1.54, 1.807) is 42.6 Å². The van der Waals surface area contributed by atoms with Crippen LogP contribution in [0.25, 0.3) is 10.8 Å². The van der Waals surface area contributed by atoms with E-state index in [0.717, 1.165) is 0 Å². The lowest BCUT2D eigenvalue weighted by Gasteiger charge is -2.11. The molecule has 0 unspecified atom stereocenters. The van der Waals surface area contributed by atoms with Crippen LogP contribution >= 0.6 is 0 Å². The van der Waals surface area contributed by atoms with Crippen molar-refractivity contribution in [3.05, 3.63) is 70.4 Å². The second-order valence-electron chi connectivity index (χ2n) is 5.57. The van der Waals surface area contributed by atoms with E-state index >= 15 is 0 Å². The number of aromatic nitrogens is 3. The average molecular weight is 351 g/mol. The number of benzene rings is 1. The monoisotopic (exact) mass is 351 g/mol. The maximum Gasteiger partial charge on any atom is 0.290 e. The summed E-state index contributed by atoms with van der Waals surface area (Å²) >= 11 is 0. The Kier molecular flexibility index (Phi) is 5.02. The van der Waals surface area contributed by atoms with E-state index in [0.29, 0.717) is 29.3 Å². The fraction of sp³-hybridized carbons (Fsp3) is 0.167. The molecule has 2 aromatic heterocycles. The quantitative estimate of drug-likeness (QED) is 0.689. The third-order valence-corrected chi connectivity index (χ3v) is 3.73. The second-order valence-corrected chi connectivity index (χ2v) is 5.57. The smallest absolute Gasteiger partial charge is 0.267 e. The molecular formula is C18H17N5O3. The van der Waals surface area contributed by atoms with Crippen LogP contribution in [-0.2, 0) is 6.54 Å². The summed E-state index contributed by atoms with van der Waals surface area (Å²) in [7, 11) is 0. The largest absolute Gasteiger partial charge is 0.290 e. The van der Waals surface area contributed by atoms with Gasteiger partial charge in [0, 0.05) is 24.3 Å². The fourth-order valence-corrected chi connectivity index (χ4v) is 2.51. The van der Waals surface area contributed by atoms with Crippen molar-refractivity contribution in [1.82, 2.24) is 25.6 Å². The Bertz CT molecular complexity index is 1010. The summed E-state index contributed by atoms with van der Waals surface area (Å²) < 4.78 is 1.26. The van der Waals surface area contributed by atoms with Crippen molar-refractivity contribution in [2.24, 2.45) is 0 Å². The molecule has 2 N–H and O–H groups in total. The minimum Gasteiger partial charge on any atom is -0.267 e. The minimum absolute atomic E-state index is 0.0696. The first-order valence-electron chi connectivity index (χ1n) is 8.12. The van der Waals surface area contributed by atoms with Gasteiger partial charge >= 0.3 is 0 Å². The zero-order chi connectivity index (χ0) is 18.5. The van der Waals surface area contributed by atoms with Gasteiger partial charge in [0.25, 0.3) is 17.4 Å². The number of carbonyl (C=O) groups is 2. The molecule has 0 atom stereocenters. The number of hydrazine groups is 1. The van der Waals surface area contributed by atoms with E-state index in [2.05, 4.69) is 20.9 Å². The molecule has 0 fully saturated rings. The summed E-state index contributed by atoms with van der Waals surface area (Å²) in [4.78, 5) is 40.9. The molecule has 0 aliphatic carbocycles. The molecule has 8 heteroatoms. The van der Waals surface area contributed by atoms with Gasteiger partial charge in [-0.15, -0.1) is 0 Å². The molecule has 8 nitrogen and oxygen atoms in total. The first-order valence-corrected chi connectivity index (χ1v) is 8.12. The van der Waals surface area contributed by atoms with Gasteiger partial charge in [-0.3, -0.25) is 30.2 Å². The molecular weight excluding hydrogens is 334 g/mol. The van der Waals surface area contributed by atoms with E-state index in [-0.39, 0.29) is 11.3 Å². The third kappa shape index (κ3) is 3.44. The van der Waals surface area contributed by atoms with Gasteiger partial charge in [0.1, 0.15) is 0 Å². The van der Waals surface area contributed by atoms with Crippen molar-refractivity contribution in [3.8, 4) is 0 Å². The lowest BCUT2D eigenvalue weighted by Crippen LogP contribution is -2.42. The average Bonchev–Trinajstić information content (AvgIpc) is 2.69. The topological polar surface area (TPSA) is 106 Å². The van der Waals surface area contributed by atoms with Gasteiger partial charge in [-0.2, -0.15) is 5.10 Å². The van der Waals surface area contributed by atoms with E-state index in [9.17, 15) is 14.4 Å². The van der Waals surface area contributed by atoms with Crippen molar-refractivity contribution < 1.29 is 9.59 Å². The van der Waals surface area contributed by atoms with Gasteiger partial charge in [0.15, 0.2) is 5.69 Å². The molecule has 26 heavy (non-hydrogen) atoms. The van der Waals surface area contributed by atoms with Crippen LogP contribution in [0.15, 0.2) is 53.6 Å². The summed E-state index contributed by atoms with van der Waals surface area (Å²) in [5, 5.41) is 5.00. The molecule has 0 radical (unpaired) electrons. The maximum absolute atomic E-state index is 12.5. The molecule has 1 aromatic carbocycles. The normalized spacial score (nSPS) is 10.5. The van der Waals surface area contributed by atoms with Crippen molar-refractivity contribution in [3.63, 3.8) is 0 Å². The number of nitrogens with zero attached hydrogens (tertiary/aromatic N) is 3. The predicted molar refractivity (Wildman–Crippen MR) is 95.5 cm³/mol. The Morgan fingerprint density at radius 1 is 1.04 bits per heavy atom. The van der Waals surface area contributed by atoms with Crippen LogP contribution in [0.1, 0.15) is 34.2 Å². The summed E-state index contributed by atoms with van der Waals surface area (Å²) in [6, 6.07) is 9.94. The second kappa shape index (κ2) is 7.56. The van der Waals surface area contributed by atoms with Gasteiger partial charge < -0.3 is 0 Å². The highest BCUT2D eigenvalue weighted by atomic mass is 16.2. The Hall–Kier alpha value is -3.55. The Balaban J connectivity index is 1.89. The number of amides is 2. The standard InChI is InChI=1S/C18H17N5O3/c1-2-10-23-18(26)14-8-4-3-7-13(14)15(22-23)17(25)21-20-16(24)12-6-5-9-19-11-12/h3-9,11H,2,10H2,1H3,(H,20,24)(H,21,25). The van der Waals surface area contributed by atoms with Crippen molar-refractivity contribution in [1.29, 1.82) is 0 Å². The maximum atomic E-state index is 12.5.